The minimum atomic E-state index is 0.329. The molecule has 0 aliphatic carbocycles. The van der Waals surface area contributed by atoms with Crippen LogP contribution in [-0.4, -0.2) is 29.3 Å². The summed E-state index contributed by atoms with van der Waals surface area (Å²) in [5.41, 5.74) is 7.63. The summed E-state index contributed by atoms with van der Waals surface area (Å²) < 4.78 is 3.61. The molecule has 0 bridgehead atoms. The maximum absolute atomic E-state index is 5.78. The summed E-state index contributed by atoms with van der Waals surface area (Å²) in [6.45, 7) is 2.96. The summed E-state index contributed by atoms with van der Waals surface area (Å²) in [6.07, 6.45) is 5.90. The molecular weight excluding hydrogens is 230 g/mol. The quantitative estimate of drug-likeness (QED) is 0.741. The molecule has 0 unspecified atom stereocenters. The number of pyridine rings is 1. The number of rotatable bonds is 3. The van der Waals surface area contributed by atoms with E-state index in [1.165, 1.54) is 11.0 Å². The van der Waals surface area contributed by atoms with E-state index in [0.29, 0.717) is 11.9 Å². The second-order valence-electron chi connectivity index (χ2n) is 3.96. The molecule has 0 aromatic carbocycles. The van der Waals surface area contributed by atoms with Crippen molar-refractivity contribution in [2.24, 2.45) is 0 Å². The van der Waals surface area contributed by atoms with Gasteiger partial charge in [0.15, 0.2) is 0 Å². The Morgan fingerprint density at radius 1 is 1.39 bits per heavy atom. The number of aryl methyl sites for hydroxylation is 1. The first-order valence-corrected chi connectivity index (χ1v) is 5.77. The third kappa shape index (κ3) is 1.52. The summed E-state index contributed by atoms with van der Waals surface area (Å²) in [5, 5.41) is 4.10. The van der Waals surface area contributed by atoms with Gasteiger partial charge in [0.1, 0.15) is 11.8 Å². The maximum Gasteiger partial charge on any atom is 0.235 e. The van der Waals surface area contributed by atoms with Crippen LogP contribution in [0.15, 0.2) is 24.8 Å². The van der Waals surface area contributed by atoms with Gasteiger partial charge in [-0.25, -0.2) is 4.98 Å². The van der Waals surface area contributed by atoms with Gasteiger partial charge < -0.3 is 10.3 Å². The lowest BCUT2D eigenvalue weighted by molar-refractivity contribution is 0.654. The van der Waals surface area contributed by atoms with Gasteiger partial charge in [-0.15, -0.1) is 0 Å². The van der Waals surface area contributed by atoms with Gasteiger partial charge in [-0.1, -0.05) is 6.92 Å². The third-order valence-corrected chi connectivity index (χ3v) is 2.74. The van der Waals surface area contributed by atoms with Crippen LogP contribution < -0.4 is 5.73 Å². The molecule has 0 spiro atoms. The molecule has 3 heterocycles. The molecule has 0 aliphatic rings. The second kappa shape index (κ2) is 4.10. The van der Waals surface area contributed by atoms with Crippen LogP contribution >= 0.6 is 0 Å². The number of aromatic nitrogens is 6. The number of nitrogens with two attached hydrogens (primary N) is 1. The minimum Gasteiger partial charge on any atom is -0.368 e. The first-order valence-electron chi connectivity index (χ1n) is 5.77. The normalized spacial score (nSPS) is 11.2. The van der Waals surface area contributed by atoms with E-state index in [2.05, 4.69) is 31.5 Å². The van der Waals surface area contributed by atoms with Crippen molar-refractivity contribution >= 4 is 17.0 Å². The number of fused-ring (bicyclic) bond motifs is 1. The molecule has 0 aliphatic heterocycles. The van der Waals surface area contributed by atoms with Crippen molar-refractivity contribution in [1.29, 1.82) is 0 Å². The molecule has 3 aromatic heterocycles. The molecule has 0 fully saturated rings. The molecule has 0 atom stereocenters. The standard InChI is InChI=1S/C11H13N7/c1-2-5-17-9-3-4-13-6-8(9)16-11(17)18-10(12)14-7-15-18/h3-4,6-7H,2,5H2,1H3,(H2,12,14,15). The number of hydrogen-bond donors (Lipinski definition) is 1. The Balaban J connectivity index is 2.28. The molecule has 0 amide bonds. The van der Waals surface area contributed by atoms with Crippen molar-refractivity contribution in [3.63, 3.8) is 0 Å². The van der Waals surface area contributed by atoms with Gasteiger partial charge in [0.2, 0.25) is 11.9 Å². The van der Waals surface area contributed by atoms with E-state index in [9.17, 15) is 0 Å². The van der Waals surface area contributed by atoms with E-state index in [1.807, 2.05) is 6.07 Å². The Labute approximate surface area is 103 Å². The highest BCUT2D eigenvalue weighted by molar-refractivity contribution is 5.76. The van der Waals surface area contributed by atoms with Crippen LogP contribution in [0.2, 0.25) is 0 Å². The van der Waals surface area contributed by atoms with E-state index in [1.54, 1.807) is 12.4 Å². The topological polar surface area (TPSA) is 87.4 Å². The average molecular weight is 243 g/mol. The van der Waals surface area contributed by atoms with Crippen LogP contribution in [0, 0.1) is 0 Å². The van der Waals surface area contributed by atoms with Crippen molar-refractivity contribution in [3.05, 3.63) is 24.8 Å². The lowest BCUT2D eigenvalue weighted by Gasteiger charge is -2.07. The van der Waals surface area contributed by atoms with Crippen LogP contribution in [0.3, 0.4) is 0 Å². The highest BCUT2D eigenvalue weighted by Crippen LogP contribution is 2.19. The highest BCUT2D eigenvalue weighted by Gasteiger charge is 2.14. The van der Waals surface area contributed by atoms with Crippen LogP contribution in [0.1, 0.15) is 13.3 Å². The van der Waals surface area contributed by atoms with Gasteiger partial charge in [0, 0.05) is 12.7 Å². The zero-order chi connectivity index (χ0) is 12.5. The fourth-order valence-electron chi connectivity index (χ4n) is 1.98. The number of imidazole rings is 1. The zero-order valence-corrected chi connectivity index (χ0v) is 9.98. The first-order chi connectivity index (χ1) is 8.81. The SMILES string of the molecule is CCCn1c(-n2ncnc2N)nc2cnccc21. The molecule has 3 rings (SSSR count). The Morgan fingerprint density at radius 2 is 2.28 bits per heavy atom. The Morgan fingerprint density at radius 3 is 3.00 bits per heavy atom. The van der Waals surface area contributed by atoms with Crippen molar-refractivity contribution in [2.45, 2.75) is 19.9 Å². The van der Waals surface area contributed by atoms with Gasteiger partial charge in [-0.3, -0.25) is 4.98 Å². The van der Waals surface area contributed by atoms with Gasteiger partial charge >= 0.3 is 0 Å². The molecule has 18 heavy (non-hydrogen) atoms. The lowest BCUT2D eigenvalue weighted by atomic mass is 10.4. The Bertz CT molecular complexity index is 682. The molecule has 0 saturated heterocycles. The zero-order valence-electron chi connectivity index (χ0n) is 9.98. The van der Waals surface area contributed by atoms with E-state index in [4.69, 9.17) is 5.73 Å². The highest BCUT2D eigenvalue weighted by atomic mass is 15.4. The molecule has 0 saturated carbocycles. The van der Waals surface area contributed by atoms with Gasteiger partial charge in [-0.05, 0) is 12.5 Å². The van der Waals surface area contributed by atoms with Crippen LogP contribution in [0.4, 0.5) is 5.95 Å². The lowest BCUT2D eigenvalue weighted by Crippen LogP contribution is -2.10. The monoisotopic (exact) mass is 243 g/mol. The fraction of sp³-hybridized carbons (Fsp3) is 0.273. The molecule has 2 N–H and O–H groups in total. The van der Waals surface area contributed by atoms with E-state index >= 15 is 0 Å². The summed E-state index contributed by atoms with van der Waals surface area (Å²) >= 11 is 0. The molecule has 7 nitrogen and oxygen atoms in total. The average Bonchev–Trinajstić information content (AvgIpc) is 2.94. The summed E-state index contributed by atoms with van der Waals surface area (Å²) in [4.78, 5) is 12.5. The predicted octanol–water partition coefficient (Wildman–Crippen LogP) is 1.00. The van der Waals surface area contributed by atoms with Gasteiger partial charge in [0.25, 0.3) is 0 Å². The summed E-state index contributed by atoms with van der Waals surface area (Å²) in [5.74, 6) is 1.01. The Hall–Kier alpha value is -2.44. The smallest absolute Gasteiger partial charge is 0.235 e. The molecule has 0 radical (unpaired) electrons. The van der Waals surface area contributed by atoms with Crippen LogP contribution in [0.5, 0.6) is 0 Å². The number of nitrogens with zero attached hydrogens (tertiary/aromatic N) is 6. The van der Waals surface area contributed by atoms with Crippen molar-refractivity contribution in [1.82, 2.24) is 29.3 Å². The summed E-state index contributed by atoms with van der Waals surface area (Å²) in [6, 6.07) is 1.94. The van der Waals surface area contributed by atoms with Crippen molar-refractivity contribution < 1.29 is 0 Å². The minimum absolute atomic E-state index is 0.329. The third-order valence-electron chi connectivity index (χ3n) is 2.74. The van der Waals surface area contributed by atoms with Crippen molar-refractivity contribution in [3.8, 4) is 5.95 Å². The maximum atomic E-state index is 5.78. The van der Waals surface area contributed by atoms with Crippen molar-refractivity contribution in [2.75, 3.05) is 5.73 Å². The first kappa shape index (κ1) is 10.7. The fourth-order valence-corrected chi connectivity index (χ4v) is 1.98. The predicted molar refractivity (Wildman–Crippen MR) is 67.1 cm³/mol. The van der Waals surface area contributed by atoms with Crippen LogP contribution in [-0.2, 0) is 6.54 Å². The number of hydrogen-bond acceptors (Lipinski definition) is 5. The second-order valence-corrected chi connectivity index (χ2v) is 3.96. The molecule has 92 valence electrons. The van der Waals surface area contributed by atoms with Gasteiger partial charge in [-0.2, -0.15) is 14.8 Å². The molecule has 7 heteroatoms. The van der Waals surface area contributed by atoms with Crippen LogP contribution in [0.25, 0.3) is 17.0 Å². The van der Waals surface area contributed by atoms with E-state index in [-0.39, 0.29) is 0 Å². The van der Waals surface area contributed by atoms with E-state index in [0.717, 1.165) is 24.0 Å². The van der Waals surface area contributed by atoms with E-state index < -0.39 is 0 Å². The number of anilines is 1. The molecule has 3 aromatic rings. The molecular formula is C11H13N7. The van der Waals surface area contributed by atoms with Gasteiger partial charge in [0.05, 0.1) is 11.7 Å². The number of nitrogen functional groups attached to an aromatic ring is 1. The largest absolute Gasteiger partial charge is 0.368 e. The Kier molecular flexibility index (Phi) is 2.44. The summed E-state index contributed by atoms with van der Waals surface area (Å²) in [7, 11) is 0.